The maximum Gasteiger partial charge on any atom is 0.285 e. The minimum absolute atomic E-state index is 0.157. The molecular formula is C7H4BrN3O2. The van der Waals surface area contributed by atoms with Gasteiger partial charge in [-0.1, -0.05) is 0 Å². The summed E-state index contributed by atoms with van der Waals surface area (Å²) in [5, 5.41) is 7.24. The standard InChI is InChI=1S/C7H4BrN3O2/c8-7-11-10-6(13-7)4-3-9-2-1-5(4)12/h1-3H,(H,9,12). The van der Waals surface area contributed by atoms with E-state index >= 15 is 0 Å². The van der Waals surface area contributed by atoms with Gasteiger partial charge in [-0.2, -0.15) is 0 Å². The van der Waals surface area contributed by atoms with Crippen LogP contribution < -0.4 is 5.43 Å². The summed E-state index contributed by atoms with van der Waals surface area (Å²) in [5.74, 6) is 0.203. The smallest absolute Gasteiger partial charge is 0.285 e. The van der Waals surface area contributed by atoms with Crippen molar-refractivity contribution >= 4 is 15.9 Å². The number of nitrogens with zero attached hydrogens (tertiary/aromatic N) is 2. The molecule has 0 fully saturated rings. The largest absolute Gasteiger partial charge is 0.411 e. The molecule has 0 amide bonds. The third-order valence-electron chi connectivity index (χ3n) is 1.45. The summed E-state index contributed by atoms with van der Waals surface area (Å²) in [5.41, 5.74) is 0.204. The molecule has 66 valence electrons. The Labute approximate surface area is 80.9 Å². The Morgan fingerprint density at radius 2 is 2.31 bits per heavy atom. The first kappa shape index (κ1) is 8.18. The molecule has 0 aliphatic heterocycles. The van der Waals surface area contributed by atoms with Crippen molar-refractivity contribution in [1.82, 2.24) is 15.2 Å². The molecule has 0 spiro atoms. The van der Waals surface area contributed by atoms with E-state index in [-0.39, 0.29) is 16.1 Å². The van der Waals surface area contributed by atoms with Gasteiger partial charge >= 0.3 is 0 Å². The highest BCUT2D eigenvalue weighted by Crippen LogP contribution is 2.15. The molecule has 2 rings (SSSR count). The van der Waals surface area contributed by atoms with Crippen LogP contribution in [0.1, 0.15) is 0 Å². The molecule has 0 atom stereocenters. The molecule has 0 unspecified atom stereocenters. The fourth-order valence-electron chi connectivity index (χ4n) is 0.897. The maximum atomic E-state index is 11.3. The second kappa shape index (κ2) is 3.14. The summed E-state index contributed by atoms with van der Waals surface area (Å²) in [6.07, 6.45) is 3.06. The molecule has 0 aromatic carbocycles. The van der Waals surface area contributed by atoms with Crippen molar-refractivity contribution in [1.29, 1.82) is 0 Å². The normalized spacial score (nSPS) is 10.2. The second-order valence-corrected chi connectivity index (χ2v) is 2.96. The van der Waals surface area contributed by atoms with Crippen LogP contribution in [0.25, 0.3) is 11.5 Å². The van der Waals surface area contributed by atoms with Crippen LogP contribution in [-0.4, -0.2) is 15.2 Å². The van der Waals surface area contributed by atoms with Gasteiger partial charge in [0, 0.05) is 34.4 Å². The third kappa shape index (κ3) is 1.52. The second-order valence-electron chi connectivity index (χ2n) is 2.28. The van der Waals surface area contributed by atoms with Crippen molar-refractivity contribution in [2.75, 3.05) is 0 Å². The average molecular weight is 242 g/mol. The van der Waals surface area contributed by atoms with E-state index in [1.165, 1.54) is 18.5 Å². The molecular weight excluding hydrogens is 238 g/mol. The number of nitrogens with one attached hydrogen (secondary N) is 1. The van der Waals surface area contributed by atoms with Crippen molar-refractivity contribution in [3.05, 3.63) is 33.5 Å². The van der Waals surface area contributed by atoms with Crippen LogP contribution in [0.4, 0.5) is 0 Å². The Morgan fingerprint density at radius 3 is 2.92 bits per heavy atom. The van der Waals surface area contributed by atoms with Crippen LogP contribution in [0.2, 0.25) is 0 Å². The fourth-order valence-corrected chi connectivity index (χ4v) is 1.13. The van der Waals surface area contributed by atoms with Crippen LogP contribution >= 0.6 is 15.9 Å². The van der Waals surface area contributed by atoms with Gasteiger partial charge in [-0.25, -0.2) is 0 Å². The Balaban J connectivity index is 2.59. The van der Waals surface area contributed by atoms with Crippen LogP contribution in [-0.2, 0) is 0 Å². The first-order valence-corrected chi connectivity index (χ1v) is 4.23. The Kier molecular flexibility index (Phi) is 1.97. The van der Waals surface area contributed by atoms with E-state index in [9.17, 15) is 4.79 Å². The van der Waals surface area contributed by atoms with Crippen LogP contribution in [0.15, 0.2) is 32.5 Å². The number of hydrogen-bond acceptors (Lipinski definition) is 4. The molecule has 0 aliphatic rings. The zero-order chi connectivity index (χ0) is 9.26. The van der Waals surface area contributed by atoms with Crippen LogP contribution in [0.3, 0.4) is 0 Å². The zero-order valence-corrected chi connectivity index (χ0v) is 7.91. The number of aromatic amines is 1. The van der Waals surface area contributed by atoms with E-state index in [4.69, 9.17) is 4.42 Å². The van der Waals surface area contributed by atoms with E-state index in [0.29, 0.717) is 5.56 Å². The average Bonchev–Trinajstić information content (AvgIpc) is 2.53. The molecule has 13 heavy (non-hydrogen) atoms. The lowest BCUT2D eigenvalue weighted by atomic mass is 10.3. The Hall–Kier alpha value is -1.43. The predicted octanol–water partition coefficient (Wildman–Crippen LogP) is 1.19. The highest BCUT2D eigenvalue weighted by atomic mass is 79.9. The van der Waals surface area contributed by atoms with Gasteiger partial charge in [-0.15, -0.1) is 10.2 Å². The summed E-state index contributed by atoms with van der Waals surface area (Å²) >= 11 is 3.00. The fraction of sp³-hybridized carbons (Fsp3) is 0. The van der Waals surface area contributed by atoms with Gasteiger partial charge < -0.3 is 9.40 Å². The number of H-pyrrole nitrogens is 1. The SMILES string of the molecule is O=c1cc[nH]cc1-c1nnc(Br)o1. The zero-order valence-electron chi connectivity index (χ0n) is 6.32. The molecule has 0 aliphatic carbocycles. The van der Waals surface area contributed by atoms with Crippen molar-refractivity contribution in [2.45, 2.75) is 0 Å². The Morgan fingerprint density at radius 1 is 1.46 bits per heavy atom. The number of hydrogen-bond donors (Lipinski definition) is 1. The van der Waals surface area contributed by atoms with Crippen molar-refractivity contribution in [2.24, 2.45) is 0 Å². The van der Waals surface area contributed by atoms with Crippen LogP contribution in [0, 0.1) is 0 Å². The van der Waals surface area contributed by atoms with Gasteiger partial charge in [-0.3, -0.25) is 4.79 Å². The molecule has 5 nitrogen and oxygen atoms in total. The minimum Gasteiger partial charge on any atom is -0.411 e. The molecule has 2 heterocycles. The highest BCUT2D eigenvalue weighted by Gasteiger charge is 2.08. The summed E-state index contributed by atoms with van der Waals surface area (Å²) < 4.78 is 5.02. The van der Waals surface area contributed by atoms with E-state index in [1.54, 1.807) is 0 Å². The Bertz CT molecular complexity index is 476. The summed E-state index contributed by atoms with van der Waals surface area (Å²) in [6, 6.07) is 1.40. The van der Waals surface area contributed by atoms with Gasteiger partial charge in [0.25, 0.3) is 10.7 Å². The van der Waals surface area contributed by atoms with Gasteiger partial charge in [-0.05, 0) is 0 Å². The lowest BCUT2D eigenvalue weighted by molar-refractivity contribution is 0.539. The van der Waals surface area contributed by atoms with Crippen molar-refractivity contribution in [3.63, 3.8) is 0 Å². The quantitative estimate of drug-likeness (QED) is 0.815. The first-order valence-electron chi connectivity index (χ1n) is 3.44. The van der Waals surface area contributed by atoms with Gasteiger partial charge in [0.1, 0.15) is 5.56 Å². The third-order valence-corrected chi connectivity index (χ3v) is 1.78. The van der Waals surface area contributed by atoms with E-state index in [2.05, 4.69) is 31.1 Å². The molecule has 0 radical (unpaired) electrons. The van der Waals surface area contributed by atoms with E-state index in [0.717, 1.165) is 0 Å². The van der Waals surface area contributed by atoms with E-state index in [1.807, 2.05) is 0 Å². The van der Waals surface area contributed by atoms with Gasteiger partial charge in [0.15, 0.2) is 5.43 Å². The maximum absolute atomic E-state index is 11.3. The van der Waals surface area contributed by atoms with Crippen molar-refractivity contribution in [3.8, 4) is 11.5 Å². The molecule has 0 bridgehead atoms. The number of halogens is 1. The first-order chi connectivity index (χ1) is 6.27. The van der Waals surface area contributed by atoms with Crippen molar-refractivity contribution < 1.29 is 4.42 Å². The lowest BCUT2D eigenvalue weighted by Gasteiger charge is -1.90. The predicted molar refractivity (Wildman–Crippen MR) is 48.1 cm³/mol. The monoisotopic (exact) mass is 241 g/mol. The number of aromatic nitrogens is 3. The molecule has 0 saturated heterocycles. The minimum atomic E-state index is -0.157. The number of rotatable bonds is 1. The topological polar surface area (TPSA) is 71.8 Å². The summed E-state index contributed by atoms with van der Waals surface area (Å²) in [6.45, 7) is 0. The summed E-state index contributed by atoms with van der Waals surface area (Å²) in [4.78, 5) is 14.3. The molecule has 0 saturated carbocycles. The van der Waals surface area contributed by atoms with E-state index < -0.39 is 0 Å². The van der Waals surface area contributed by atoms with Gasteiger partial charge in [0.2, 0.25) is 0 Å². The summed E-state index contributed by atoms with van der Waals surface area (Å²) in [7, 11) is 0. The highest BCUT2D eigenvalue weighted by molar-refractivity contribution is 9.10. The lowest BCUT2D eigenvalue weighted by Crippen LogP contribution is -2.02. The van der Waals surface area contributed by atoms with Gasteiger partial charge in [0.05, 0.1) is 0 Å². The number of pyridine rings is 1. The molecule has 6 heteroatoms. The molecule has 1 N–H and O–H groups in total. The van der Waals surface area contributed by atoms with Crippen LogP contribution in [0.5, 0.6) is 0 Å². The molecule has 2 aromatic rings. The molecule has 2 aromatic heterocycles.